The minimum atomic E-state index is -0.102. The van der Waals surface area contributed by atoms with Crippen molar-refractivity contribution in [2.45, 2.75) is 32.7 Å². The summed E-state index contributed by atoms with van der Waals surface area (Å²) in [5.74, 6) is -0.102. The average molecular weight is 343 g/mol. The molecule has 24 heavy (non-hydrogen) atoms. The van der Waals surface area contributed by atoms with Crippen LogP contribution in [0.2, 0.25) is 5.02 Å². The highest BCUT2D eigenvalue weighted by atomic mass is 35.5. The lowest BCUT2D eigenvalue weighted by molar-refractivity contribution is 0.0953. The van der Waals surface area contributed by atoms with E-state index in [4.69, 9.17) is 11.6 Å². The van der Waals surface area contributed by atoms with Crippen LogP contribution in [0, 0.1) is 6.92 Å². The maximum absolute atomic E-state index is 12.2. The first-order chi connectivity index (χ1) is 11.6. The Morgan fingerprint density at radius 3 is 2.88 bits per heavy atom. The maximum atomic E-state index is 12.2. The van der Waals surface area contributed by atoms with Crippen molar-refractivity contribution in [3.05, 3.63) is 64.2 Å². The number of carbonyl (C=O) groups is 1. The Labute approximate surface area is 148 Å². The van der Waals surface area contributed by atoms with Crippen LogP contribution in [0.3, 0.4) is 0 Å². The summed E-state index contributed by atoms with van der Waals surface area (Å²) in [4.78, 5) is 14.7. The van der Waals surface area contributed by atoms with Crippen molar-refractivity contribution in [3.63, 3.8) is 0 Å². The Kier molecular flexibility index (Phi) is 5.10. The maximum Gasteiger partial charge on any atom is 0.252 e. The number of hydrogen-bond donors (Lipinski definition) is 1. The van der Waals surface area contributed by atoms with Gasteiger partial charge >= 0.3 is 0 Å². The quantitative estimate of drug-likeness (QED) is 0.825. The van der Waals surface area contributed by atoms with Crippen LogP contribution < -0.4 is 10.2 Å². The van der Waals surface area contributed by atoms with Crippen LogP contribution in [0.15, 0.2) is 42.5 Å². The SMILES string of the molecule is Cc1ccc(C(=O)NCCCN2c3ccccc3C[C@@H]2C)c(Cl)c1. The number of nitrogens with zero attached hydrogens (tertiary/aromatic N) is 1. The van der Waals surface area contributed by atoms with Crippen LogP contribution in [-0.2, 0) is 6.42 Å². The zero-order valence-corrected chi connectivity index (χ0v) is 14.9. The summed E-state index contributed by atoms with van der Waals surface area (Å²) in [6, 6.07) is 14.6. The number of carbonyl (C=O) groups excluding carboxylic acids is 1. The molecule has 1 N–H and O–H groups in total. The third kappa shape index (κ3) is 3.57. The second-order valence-electron chi connectivity index (χ2n) is 6.47. The predicted octanol–water partition coefficient (Wildman–Crippen LogP) is 4.22. The third-order valence-electron chi connectivity index (χ3n) is 4.58. The molecule has 0 aromatic heterocycles. The summed E-state index contributed by atoms with van der Waals surface area (Å²) in [5, 5.41) is 3.48. The molecular formula is C20H23ClN2O. The van der Waals surface area contributed by atoms with Gasteiger partial charge in [0.2, 0.25) is 0 Å². The van der Waals surface area contributed by atoms with Gasteiger partial charge in [0.25, 0.3) is 5.91 Å². The number of hydrogen-bond acceptors (Lipinski definition) is 2. The average Bonchev–Trinajstić information content (AvgIpc) is 2.87. The largest absolute Gasteiger partial charge is 0.368 e. The first-order valence-electron chi connectivity index (χ1n) is 8.45. The fourth-order valence-corrected chi connectivity index (χ4v) is 3.64. The van der Waals surface area contributed by atoms with Crippen LogP contribution in [0.25, 0.3) is 0 Å². The molecular weight excluding hydrogens is 320 g/mol. The lowest BCUT2D eigenvalue weighted by atomic mass is 10.1. The molecule has 1 aliphatic heterocycles. The van der Waals surface area contributed by atoms with Gasteiger partial charge in [0, 0.05) is 24.8 Å². The lowest BCUT2D eigenvalue weighted by Crippen LogP contribution is -2.33. The number of anilines is 1. The topological polar surface area (TPSA) is 32.3 Å². The molecule has 0 bridgehead atoms. The second-order valence-corrected chi connectivity index (χ2v) is 6.88. The summed E-state index contributed by atoms with van der Waals surface area (Å²) in [6.07, 6.45) is 2.01. The highest BCUT2D eigenvalue weighted by molar-refractivity contribution is 6.33. The number of para-hydroxylation sites is 1. The second kappa shape index (κ2) is 7.27. The smallest absolute Gasteiger partial charge is 0.252 e. The molecule has 0 saturated heterocycles. The van der Waals surface area contributed by atoms with E-state index in [2.05, 4.69) is 41.4 Å². The van der Waals surface area contributed by atoms with Crippen molar-refractivity contribution in [2.75, 3.05) is 18.0 Å². The molecule has 0 radical (unpaired) electrons. The van der Waals surface area contributed by atoms with Crippen molar-refractivity contribution in [1.82, 2.24) is 5.32 Å². The molecule has 1 heterocycles. The summed E-state index contributed by atoms with van der Waals surface area (Å²) in [6.45, 7) is 5.81. The standard InChI is InChI=1S/C20H23ClN2O/c1-14-8-9-17(18(21)12-14)20(24)22-10-5-11-23-15(2)13-16-6-3-4-7-19(16)23/h3-4,6-9,12,15H,5,10-11,13H2,1-2H3,(H,22,24)/t15-/m0/s1. The molecule has 1 atom stereocenters. The Hall–Kier alpha value is -2.00. The molecule has 0 saturated carbocycles. The lowest BCUT2D eigenvalue weighted by Gasteiger charge is -2.25. The Bertz CT molecular complexity index is 744. The van der Waals surface area contributed by atoms with Crippen LogP contribution >= 0.6 is 11.6 Å². The fourth-order valence-electron chi connectivity index (χ4n) is 3.32. The van der Waals surface area contributed by atoms with Gasteiger partial charge in [0.1, 0.15) is 0 Å². The van der Waals surface area contributed by atoms with Crippen molar-refractivity contribution in [2.24, 2.45) is 0 Å². The third-order valence-corrected chi connectivity index (χ3v) is 4.89. The van der Waals surface area contributed by atoms with Gasteiger partial charge in [-0.2, -0.15) is 0 Å². The summed E-state index contributed by atoms with van der Waals surface area (Å²) >= 11 is 6.15. The minimum absolute atomic E-state index is 0.102. The van der Waals surface area contributed by atoms with Crippen molar-refractivity contribution >= 4 is 23.2 Å². The van der Waals surface area contributed by atoms with Gasteiger partial charge in [-0.3, -0.25) is 4.79 Å². The van der Waals surface area contributed by atoms with Gasteiger partial charge < -0.3 is 10.2 Å². The van der Waals surface area contributed by atoms with Crippen LogP contribution in [0.1, 0.15) is 34.8 Å². The van der Waals surface area contributed by atoms with E-state index in [0.29, 0.717) is 23.2 Å². The van der Waals surface area contributed by atoms with E-state index < -0.39 is 0 Å². The summed E-state index contributed by atoms with van der Waals surface area (Å²) in [7, 11) is 0. The Morgan fingerprint density at radius 2 is 2.08 bits per heavy atom. The molecule has 0 unspecified atom stereocenters. The van der Waals surface area contributed by atoms with Gasteiger partial charge in [-0.05, 0) is 56.0 Å². The highest BCUT2D eigenvalue weighted by Crippen LogP contribution is 2.31. The number of rotatable bonds is 5. The van der Waals surface area contributed by atoms with E-state index in [1.807, 2.05) is 19.1 Å². The number of benzene rings is 2. The van der Waals surface area contributed by atoms with Crippen LogP contribution in [0.5, 0.6) is 0 Å². The Balaban J connectivity index is 1.51. The molecule has 0 aliphatic carbocycles. The number of fused-ring (bicyclic) bond motifs is 1. The van der Waals surface area contributed by atoms with Gasteiger partial charge in [-0.1, -0.05) is 35.9 Å². The normalized spacial score (nSPS) is 16.1. The molecule has 1 amide bonds. The molecule has 3 rings (SSSR count). The zero-order valence-electron chi connectivity index (χ0n) is 14.2. The molecule has 126 valence electrons. The first kappa shape index (κ1) is 16.8. The highest BCUT2D eigenvalue weighted by Gasteiger charge is 2.24. The summed E-state index contributed by atoms with van der Waals surface area (Å²) in [5.41, 5.74) is 4.35. The Morgan fingerprint density at radius 1 is 1.29 bits per heavy atom. The molecule has 1 aliphatic rings. The minimum Gasteiger partial charge on any atom is -0.368 e. The van der Waals surface area contributed by atoms with Gasteiger partial charge in [-0.25, -0.2) is 0 Å². The van der Waals surface area contributed by atoms with Crippen molar-refractivity contribution in [1.29, 1.82) is 0 Å². The summed E-state index contributed by atoms with van der Waals surface area (Å²) < 4.78 is 0. The van der Waals surface area contributed by atoms with Gasteiger partial charge in [-0.15, -0.1) is 0 Å². The number of halogens is 1. The number of amides is 1. The molecule has 0 spiro atoms. The van der Waals surface area contributed by atoms with Gasteiger partial charge in [0.05, 0.1) is 10.6 Å². The van der Waals surface area contributed by atoms with E-state index in [9.17, 15) is 4.79 Å². The first-order valence-corrected chi connectivity index (χ1v) is 8.83. The molecule has 0 fully saturated rings. The van der Waals surface area contributed by atoms with Crippen molar-refractivity contribution in [3.8, 4) is 0 Å². The van der Waals surface area contributed by atoms with E-state index in [-0.39, 0.29) is 5.91 Å². The van der Waals surface area contributed by atoms with Gasteiger partial charge in [0.15, 0.2) is 0 Å². The molecule has 2 aromatic rings. The van der Waals surface area contributed by atoms with Crippen LogP contribution in [0.4, 0.5) is 5.69 Å². The zero-order chi connectivity index (χ0) is 17.1. The molecule has 4 heteroatoms. The van der Waals surface area contributed by atoms with E-state index in [1.165, 1.54) is 11.3 Å². The predicted molar refractivity (Wildman–Crippen MR) is 100 cm³/mol. The van der Waals surface area contributed by atoms with E-state index in [0.717, 1.165) is 24.9 Å². The van der Waals surface area contributed by atoms with Crippen molar-refractivity contribution < 1.29 is 4.79 Å². The monoisotopic (exact) mass is 342 g/mol. The molecule has 3 nitrogen and oxygen atoms in total. The van der Waals surface area contributed by atoms with E-state index in [1.54, 1.807) is 6.07 Å². The fraction of sp³-hybridized carbons (Fsp3) is 0.350. The van der Waals surface area contributed by atoms with E-state index >= 15 is 0 Å². The number of aryl methyl sites for hydroxylation is 1. The number of nitrogens with one attached hydrogen (secondary N) is 1. The van der Waals surface area contributed by atoms with Crippen LogP contribution in [-0.4, -0.2) is 25.0 Å². The molecule has 2 aromatic carbocycles.